The second-order valence-corrected chi connectivity index (χ2v) is 3.47. The van der Waals surface area contributed by atoms with Crippen molar-refractivity contribution in [2.45, 2.75) is 6.10 Å². The molecule has 3 N–H and O–H groups in total. The van der Waals surface area contributed by atoms with Crippen LogP contribution in [0.2, 0.25) is 0 Å². The summed E-state index contributed by atoms with van der Waals surface area (Å²) in [4.78, 5) is 19.7. The van der Waals surface area contributed by atoms with E-state index >= 15 is 0 Å². The Morgan fingerprint density at radius 2 is 1.67 bits per heavy atom. The van der Waals surface area contributed by atoms with E-state index in [9.17, 15) is 20.2 Å². The fourth-order valence-corrected chi connectivity index (χ4v) is 1.21. The highest BCUT2D eigenvalue weighted by Crippen LogP contribution is 2.25. The van der Waals surface area contributed by atoms with Crippen molar-refractivity contribution in [2.75, 3.05) is 18.5 Å². The molecule has 98 valence electrons. The molecular weight excluding hydrogens is 246 g/mol. The third-order valence-corrected chi connectivity index (χ3v) is 2.08. The van der Waals surface area contributed by atoms with Crippen LogP contribution < -0.4 is 5.32 Å². The van der Waals surface area contributed by atoms with Crippen LogP contribution >= 0.6 is 0 Å². The van der Waals surface area contributed by atoms with Crippen LogP contribution in [0.1, 0.15) is 0 Å². The van der Waals surface area contributed by atoms with Gasteiger partial charge in [0.15, 0.2) is 0 Å². The first kappa shape index (κ1) is 13.8. The lowest BCUT2D eigenvalue weighted by Crippen LogP contribution is -2.22. The molecule has 0 spiro atoms. The Hall–Kier alpha value is -2.26. The van der Waals surface area contributed by atoms with Crippen LogP contribution in [0, 0.1) is 20.2 Å². The predicted octanol–water partition coefficient (Wildman–Crippen LogP) is 0.268. The normalized spacial score (nSPS) is 11.9. The number of aliphatic hydroxyl groups excluding tert-OH is 2. The summed E-state index contributed by atoms with van der Waals surface area (Å²) in [5, 5.41) is 41.4. The van der Waals surface area contributed by atoms with Gasteiger partial charge >= 0.3 is 0 Å². The number of anilines is 1. The first-order valence-corrected chi connectivity index (χ1v) is 4.90. The van der Waals surface area contributed by atoms with Crippen LogP contribution in [0.15, 0.2) is 18.2 Å². The van der Waals surface area contributed by atoms with Gasteiger partial charge in [-0.15, -0.1) is 0 Å². The number of nitrogens with one attached hydrogen (secondary N) is 1. The zero-order valence-corrected chi connectivity index (χ0v) is 9.15. The molecule has 0 fully saturated rings. The summed E-state index contributed by atoms with van der Waals surface area (Å²) >= 11 is 0. The smallest absolute Gasteiger partial charge is 0.278 e. The third-order valence-electron chi connectivity index (χ3n) is 2.08. The molecule has 0 bridgehead atoms. The average molecular weight is 257 g/mol. The van der Waals surface area contributed by atoms with Crippen molar-refractivity contribution < 1.29 is 20.1 Å². The minimum atomic E-state index is -1.05. The highest BCUT2D eigenvalue weighted by molar-refractivity contribution is 5.58. The first-order chi connectivity index (χ1) is 8.43. The fraction of sp³-hybridized carbons (Fsp3) is 0.333. The summed E-state index contributed by atoms with van der Waals surface area (Å²) in [5.74, 6) is 0. The molecule has 1 atom stereocenters. The quantitative estimate of drug-likeness (QED) is 0.490. The zero-order valence-electron chi connectivity index (χ0n) is 9.15. The molecule has 9 heteroatoms. The number of rotatable bonds is 6. The molecule has 0 aliphatic rings. The Labute approximate surface area is 101 Å². The van der Waals surface area contributed by atoms with E-state index in [-0.39, 0.29) is 12.2 Å². The van der Waals surface area contributed by atoms with Crippen molar-refractivity contribution in [3.63, 3.8) is 0 Å². The number of hydrogen-bond donors (Lipinski definition) is 3. The van der Waals surface area contributed by atoms with Gasteiger partial charge in [0.2, 0.25) is 0 Å². The van der Waals surface area contributed by atoms with Gasteiger partial charge in [-0.2, -0.15) is 0 Å². The van der Waals surface area contributed by atoms with Crippen LogP contribution in [-0.2, 0) is 0 Å². The second-order valence-electron chi connectivity index (χ2n) is 3.47. The molecular formula is C9H11N3O6. The lowest BCUT2D eigenvalue weighted by molar-refractivity contribution is -0.394. The third kappa shape index (κ3) is 3.64. The van der Waals surface area contributed by atoms with E-state index in [0.717, 1.165) is 18.2 Å². The Balaban J connectivity index is 2.96. The van der Waals surface area contributed by atoms with Crippen LogP contribution in [0.5, 0.6) is 0 Å². The number of benzene rings is 1. The Kier molecular flexibility index (Phi) is 4.52. The number of nitro groups is 2. The summed E-state index contributed by atoms with van der Waals surface area (Å²) in [6.07, 6.45) is -1.05. The highest BCUT2D eigenvalue weighted by Gasteiger charge is 2.16. The zero-order chi connectivity index (χ0) is 13.7. The SMILES string of the molecule is O=[N+]([O-])c1cc(NCC(O)CO)cc([N+](=O)[O-])c1. The monoisotopic (exact) mass is 257 g/mol. The van der Waals surface area contributed by atoms with Crippen LogP contribution in [0.3, 0.4) is 0 Å². The van der Waals surface area contributed by atoms with Crippen LogP contribution in [-0.4, -0.2) is 39.3 Å². The molecule has 1 rings (SSSR count). The maximum atomic E-state index is 10.6. The van der Waals surface area contributed by atoms with Crippen molar-refractivity contribution in [3.05, 3.63) is 38.4 Å². The Bertz CT molecular complexity index is 431. The molecule has 1 aromatic rings. The number of non-ortho nitro benzene ring substituents is 2. The molecule has 0 amide bonds. The van der Waals surface area contributed by atoms with Gasteiger partial charge in [-0.05, 0) is 0 Å². The van der Waals surface area contributed by atoms with Gasteiger partial charge in [-0.25, -0.2) is 0 Å². The number of aliphatic hydroxyl groups is 2. The Morgan fingerprint density at radius 3 is 2.06 bits per heavy atom. The molecule has 0 radical (unpaired) electrons. The van der Waals surface area contributed by atoms with E-state index in [1.165, 1.54) is 0 Å². The van der Waals surface area contributed by atoms with E-state index in [4.69, 9.17) is 10.2 Å². The summed E-state index contributed by atoms with van der Waals surface area (Å²) in [6.45, 7) is -0.557. The molecule has 0 saturated heterocycles. The van der Waals surface area contributed by atoms with Crippen molar-refractivity contribution in [1.82, 2.24) is 0 Å². The van der Waals surface area contributed by atoms with Crippen LogP contribution in [0.25, 0.3) is 0 Å². The minimum absolute atomic E-state index is 0.0746. The predicted molar refractivity (Wildman–Crippen MR) is 61.3 cm³/mol. The van der Waals surface area contributed by atoms with Gasteiger partial charge in [-0.1, -0.05) is 0 Å². The molecule has 9 nitrogen and oxygen atoms in total. The van der Waals surface area contributed by atoms with Gasteiger partial charge in [0.25, 0.3) is 11.4 Å². The van der Waals surface area contributed by atoms with E-state index in [1.54, 1.807) is 0 Å². The van der Waals surface area contributed by atoms with Gasteiger partial charge in [0.1, 0.15) is 0 Å². The Morgan fingerprint density at radius 1 is 1.17 bits per heavy atom. The maximum absolute atomic E-state index is 10.6. The van der Waals surface area contributed by atoms with Crippen molar-refractivity contribution in [3.8, 4) is 0 Å². The van der Waals surface area contributed by atoms with Crippen molar-refractivity contribution >= 4 is 17.1 Å². The standard InChI is InChI=1S/C9H11N3O6/c13-5-9(14)4-10-6-1-7(11(15)16)3-8(2-6)12(17)18/h1-3,9-10,13-14H,4-5H2. The molecule has 1 unspecified atom stereocenters. The topological polar surface area (TPSA) is 139 Å². The minimum Gasteiger partial charge on any atom is -0.394 e. The van der Waals surface area contributed by atoms with Crippen LogP contribution in [0.4, 0.5) is 17.1 Å². The van der Waals surface area contributed by atoms with Gasteiger partial charge in [0, 0.05) is 24.4 Å². The number of nitro benzene ring substituents is 2. The highest BCUT2D eigenvalue weighted by atomic mass is 16.6. The molecule has 0 saturated carbocycles. The summed E-state index contributed by atoms with van der Waals surface area (Å²) in [7, 11) is 0. The summed E-state index contributed by atoms with van der Waals surface area (Å²) in [6, 6.07) is 3.06. The van der Waals surface area contributed by atoms with Crippen molar-refractivity contribution in [2.24, 2.45) is 0 Å². The van der Waals surface area contributed by atoms with Crippen molar-refractivity contribution in [1.29, 1.82) is 0 Å². The second kappa shape index (κ2) is 5.89. The molecule has 0 aliphatic carbocycles. The molecule has 18 heavy (non-hydrogen) atoms. The molecule has 0 aromatic heterocycles. The lowest BCUT2D eigenvalue weighted by atomic mass is 10.2. The average Bonchev–Trinajstić information content (AvgIpc) is 2.35. The van der Waals surface area contributed by atoms with Gasteiger partial charge in [-0.3, -0.25) is 20.2 Å². The molecule has 1 aromatic carbocycles. The van der Waals surface area contributed by atoms with Gasteiger partial charge in [0.05, 0.1) is 28.6 Å². The first-order valence-electron chi connectivity index (χ1n) is 4.90. The van der Waals surface area contributed by atoms with E-state index in [0.29, 0.717) is 0 Å². The molecule has 0 aliphatic heterocycles. The van der Waals surface area contributed by atoms with E-state index < -0.39 is 33.9 Å². The number of nitrogens with zero attached hydrogens (tertiary/aromatic N) is 2. The largest absolute Gasteiger partial charge is 0.394 e. The maximum Gasteiger partial charge on any atom is 0.278 e. The van der Waals surface area contributed by atoms with E-state index in [2.05, 4.69) is 5.32 Å². The van der Waals surface area contributed by atoms with E-state index in [1.807, 2.05) is 0 Å². The summed E-state index contributed by atoms with van der Waals surface area (Å²) in [5.41, 5.74) is -0.723. The summed E-state index contributed by atoms with van der Waals surface area (Å²) < 4.78 is 0. The number of hydrogen-bond acceptors (Lipinski definition) is 7. The fourth-order valence-electron chi connectivity index (χ4n) is 1.21. The molecule has 0 heterocycles. The lowest BCUT2D eigenvalue weighted by Gasteiger charge is -2.09. The van der Waals surface area contributed by atoms with Gasteiger partial charge < -0.3 is 15.5 Å².